The lowest BCUT2D eigenvalue weighted by molar-refractivity contribution is -0.113. The monoisotopic (exact) mass is 305 g/mol. The smallest absolute Gasteiger partial charge is 0.286 e. The zero-order chi connectivity index (χ0) is 14.8. The highest BCUT2D eigenvalue weighted by Gasteiger charge is 2.28. The predicted molar refractivity (Wildman–Crippen MR) is 85.1 cm³/mol. The highest BCUT2D eigenvalue weighted by atomic mass is 32.2. The number of piperazine rings is 1. The number of thioether (sulfide) groups is 1. The largest absolute Gasteiger partial charge is 0.462 e. The molecule has 6 heteroatoms. The van der Waals surface area contributed by atoms with E-state index in [9.17, 15) is 4.79 Å². The van der Waals surface area contributed by atoms with Crippen molar-refractivity contribution in [2.45, 2.75) is 13.8 Å². The summed E-state index contributed by atoms with van der Waals surface area (Å²) in [6.07, 6.45) is 1.78. The van der Waals surface area contributed by atoms with Crippen LogP contribution in [0.5, 0.6) is 0 Å². The van der Waals surface area contributed by atoms with Gasteiger partial charge in [-0.3, -0.25) is 4.79 Å². The molecule has 2 aliphatic rings. The molecule has 0 spiro atoms. The van der Waals surface area contributed by atoms with E-state index in [2.05, 4.69) is 21.7 Å². The molecule has 3 rings (SSSR count). The van der Waals surface area contributed by atoms with Gasteiger partial charge in [-0.1, -0.05) is 6.92 Å². The Morgan fingerprint density at radius 3 is 2.71 bits per heavy atom. The zero-order valence-electron chi connectivity index (χ0n) is 12.3. The van der Waals surface area contributed by atoms with Gasteiger partial charge in [0.25, 0.3) is 5.91 Å². The maximum Gasteiger partial charge on any atom is 0.286 e. The first-order valence-electron chi connectivity index (χ1n) is 7.22. The molecule has 0 bridgehead atoms. The summed E-state index contributed by atoms with van der Waals surface area (Å²) in [6.45, 7) is 9.06. The number of carbonyl (C=O) groups excluding carboxylic acids is 1. The van der Waals surface area contributed by atoms with Gasteiger partial charge in [0.15, 0.2) is 5.17 Å². The average molecular weight is 305 g/mol. The van der Waals surface area contributed by atoms with Gasteiger partial charge in [-0.05, 0) is 37.4 Å². The summed E-state index contributed by atoms with van der Waals surface area (Å²) >= 11 is 1.45. The van der Waals surface area contributed by atoms with Crippen LogP contribution in [0.2, 0.25) is 0 Å². The van der Waals surface area contributed by atoms with Crippen LogP contribution in [0.1, 0.15) is 18.4 Å². The number of likely N-dealkylation sites (N-methyl/N-ethyl adjacent to an activating group) is 1. The molecule has 0 saturated carbocycles. The van der Waals surface area contributed by atoms with E-state index < -0.39 is 0 Å². The normalized spacial score (nSPS) is 22.2. The minimum absolute atomic E-state index is 0.165. The minimum atomic E-state index is -0.165. The van der Waals surface area contributed by atoms with Crippen LogP contribution in [0.4, 0.5) is 0 Å². The molecule has 0 aromatic carbocycles. The van der Waals surface area contributed by atoms with Crippen molar-refractivity contribution in [1.29, 1.82) is 0 Å². The standard InChI is InChI=1S/C15H19N3O2S/c1-3-17-6-8-18(9-7-17)15-16-14(19)13(21-15)10-12-5-4-11(2)20-12/h4-5,10H,3,6-9H2,1-2H3/b13-10+. The van der Waals surface area contributed by atoms with Crippen LogP contribution < -0.4 is 0 Å². The number of furan rings is 1. The summed E-state index contributed by atoms with van der Waals surface area (Å²) < 4.78 is 5.49. The average Bonchev–Trinajstić information content (AvgIpc) is 3.06. The number of amidine groups is 1. The van der Waals surface area contributed by atoms with Crippen LogP contribution >= 0.6 is 11.8 Å². The van der Waals surface area contributed by atoms with Gasteiger partial charge in [-0.2, -0.15) is 4.99 Å². The maximum absolute atomic E-state index is 12.0. The molecule has 0 radical (unpaired) electrons. The van der Waals surface area contributed by atoms with Crippen LogP contribution in [-0.2, 0) is 4.79 Å². The molecule has 112 valence electrons. The molecule has 1 amide bonds. The molecule has 0 unspecified atom stereocenters. The van der Waals surface area contributed by atoms with Crippen LogP contribution in [0, 0.1) is 6.92 Å². The van der Waals surface area contributed by atoms with Gasteiger partial charge in [0.05, 0.1) is 4.91 Å². The first-order valence-corrected chi connectivity index (χ1v) is 8.03. The summed E-state index contributed by atoms with van der Waals surface area (Å²) in [4.78, 5) is 21.4. The topological polar surface area (TPSA) is 49.0 Å². The van der Waals surface area contributed by atoms with Crippen molar-refractivity contribution >= 4 is 28.9 Å². The Kier molecular flexibility index (Phi) is 4.17. The van der Waals surface area contributed by atoms with E-state index in [-0.39, 0.29) is 5.91 Å². The number of aliphatic imine (C=N–C) groups is 1. The summed E-state index contributed by atoms with van der Waals surface area (Å²) in [5, 5.41) is 0.824. The van der Waals surface area contributed by atoms with E-state index in [1.54, 1.807) is 6.08 Å². The summed E-state index contributed by atoms with van der Waals surface area (Å²) in [5.41, 5.74) is 0. The van der Waals surface area contributed by atoms with Crippen molar-refractivity contribution in [3.8, 4) is 0 Å². The lowest BCUT2D eigenvalue weighted by Crippen LogP contribution is -2.47. The van der Waals surface area contributed by atoms with Gasteiger partial charge >= 0.3 is 0 Å². The summed E-state index contributed by atoms with van der Waals surface area (Å²) in [7, 11) is 0. The molecule has 3 heterocycles. The first-order chi connectivity index (χ1) is 10.2. The van der Waals surface area contributed by atoms with E-state index >= 15 is 0 Å². The molecule has 2 aliphatic heterocycles. The highest BCUT2D eigenvalue weighted by Crippen LogP contribution is 2.30. The number of hydrogen-bond acceptors (Lipinski definition) is 5. The van der Waals surface area contributed by atoms with Crippen molar-refractivity contribution in [2.75, 3.05) is 32.7 Å². The van der Waals surface area contributed by atoms with E-state index in [1.807, 2.05) is 19.1 Å². The van der Waals surface area contributed by atoms with E-state index in [0.717, 1.165) is 43.7 Å². The van der Waals surface area contributed by atoms with Crippen molar-refractivity contribution in [2.24, 2.45) is 4.99 Å². The number of amides is 1. The molecule has 1 aromatic heterocycles. The number of nitrogens with zero attached hydrogens (tertiary/aromatic N) is 3. The molecule has 1 aromatic rings. The summed E-state index contributed by atoms with van der Waals surface area (Å²) in [6, 6.07) is 3.76. The van der Waals surface area contributed by atoms with Crippen molar-refractivity contribution in [1.82, 2.24) is 9.80 Å². The van der Waals surface area contributed by atoms with E-state index in [1.165, 1.54) is 11.8 Å². The van der Waals surface area contributed by atoms with Gasteiger partial charge in [0.1, 0.15) is 11.5 Å². The molecule has 21 heavy (non-hydrogen) atoms. The Morgan fingerprint density at radius 1 is 1.33 bits per heavy atom. The maximum atomic E-state index is 12.0. The van der Waals surface area contributed by atoms with E-state index in [0.29, 0.717) is 10.7 Å². The molecular weight excluding hydrogens is 286 g/mol. The Labute approximate surface area is 128 Å². The fourth-order valence-electron chi connectivity index (χ4n) is 2.45. The molecule has 1 saturated heterocycles. The van der Waals surface area contributed by atoms with E-state index in [4.69, 9.17) is 4.42 Å². The van der Waals surface area contributed by atoms with Gasteiger partial charge in [-0.15, -0.1) is 0 Å². The van der Waals surface area contributed by atoms with Gasteiger partial charge < -0.3 is 14.2 Å². The van der Waals surface area contributed by atoms with Crippen molar-refractivity contribution < 1.29 is 9.21 Å². The van der Waals surface area contributed by atoms with Crippen LogP contribution in [0.15, 0.2) is 26.4 Å². The predicted octanol–water partition coefficient (Wildman–Crippen LogP) is 2.20. The van der Waals surface area contributed by atoms with Crippen LogP contribution in [0.25, 0.3) is 6.08 Å². The number of carbonyl (C=O) groups is 1. The quantitative estimate of drug-likeness (QED) is 0.784. The summed E-state index contributed by atoms with van der Waals surface area (Å²) in [5.74, 6) is 1.38. The van der Waals surface area contributed by atoms with Gasteiger partial charge in [-0.25, -0.2) is 0 Å². The zero-order valence-corrected chi connectivity index (χ0v) is 13.2. The molecular formula is C15H19N3O2S. The third kappa shape index (κ3) is 3.22. The van der Waals surface area contributed by atoms with Crippen molar-refractivity contribution in [3.63, 3.8) is 0 Å². The lowest BCUT2D eigenvalue weighted by Gasteiger charge is -2.34. The number of hydrogen-bond donors (Lipinski definition) is 0. The molecule has 5 nitrogen and oxygen atoms in total. The van der Waals surface area contributed by atoms with Crippen LogP contribution in [-0.4, -0.2) is 53.6 Å². The third-order valence-electron chi connectivity index (χ3n) is 3.73. The first kappa shape index (κ1) is 14.4. The number of aryl methyl sites for hydroxylation is 1. The molecule has 0 aliphatic carbocycles. The SMILES string of the molecule is CCN1CCN(C2=NC(=O)/C(=C\c3ccc(C)o3)S2)CC1. The second-order valence-corrected chi connectivity index (χ2v) is 6.19. The Morgan fingerprint density at radius 2 is 2.10 bits per heavy atom. The molecule has 0 atom stereocenters. The Balaban J connectivity index is 1.66. The minimum Gasteiger partial charge on any atom is -0.462 e. The third-order valence-corrected chi connectivity index (χ3v) is 4.78. The van der Waals surface area contributed by atoms with Gasteiger partial charge in [0.2, 0.25) is 0 Å². The fourth-order valence-corrected chi connectivity index (χ4v) is 3.39. The van der Waals surface area contributed by atoms with Gasteiger partial charge in [0, 0.05) is 32.3 Å². The number of rotatable bonds is 2. The molecule has 0 N–H and O–H groups in total. The highest BCUT2D eigenvalue weighted by molar-refractivity contribution is 8.18. The Bertz CT molecular complexity index is 598. The second kappa shape index (κ2) is 6.07. The second-order valence-electron chi connectivity index (χ2n) is 5.18. The fraction of sp³-hybridized carbons (Fsp3) is 0.467. The van der Waals surface area contributed by atoms with Crippen molar-refractivity contribution in [3.05, 3.63) is 28.6 Å². The lowest BCUT2D eigenvalue weighted by atomic mass is 10.3. The van der Waals surface area contributed by atoms with Crippen LogP contribution in [0.3, 0.4) is 0 Å². The molecule has 1 fully saturated rings. The Hall–Kier alpha value is -1.53.